The molecule has 0 aliphatic rings. The number of fused-ring (bicyclic) bond motifs is 1. The Bertz CT molecular complexity index is 1180. The van der Waals surface area contributed by atoms with Crippen LogP contribution in [0.15, 0.2) is 72.8 Å². The summed E-state index contributed by atoms with van der Waals surface area (Å²) in [5.74, 6) is 1.52. The molecule has 1 atom stereocenters. The number of ether oxygens (including phenoxy) is 1. The van der Waals surface area contributed by atoms with Crippen LogP contribution in [0, 0.1) is 0 Å². The molecule has 3 aromatic carbocycles. The van der Waals surface area contributed by atoms with Gasteiger partial charge >= 0.3 is 6.03 Å². The van der Waals surface area contributed by atoms with Crippen molar-refractivity contribution < 1.29 is 9.53 Å². The van der Waals surface area contributed by atoms with E-state index in [0.29, 0.717) is 13.0 Å². The van der Waals surface area contributed by atoms with Gasteiger partial charge in [0.2, 0.25) is 0 Å². The minimum Gasteiger partial charge on any atom is -0.497 e. The number of carbonyl (C=O) groups excluding carboxylic acids is 1. The van der Waals surface area contributed by atoms with Crippen LogP contribution in [0.5, 0.6) is 5.75 Å². The van der Waals surface area contributed by atoms with E-state index in [1.165, 1.54) is 5.56 Å². The summed E-state index contributed by atoms with van der Waals surface area (Å²) >= 11 is 0. The van der Waals surface area contributed by atoms with Gasteiger partial charge in [0, 0.05) is 13.1 Å². The van der Waals surface area contributed by atoms with Gasteiger partial charge in [-0.2, -0.15) is 0 Å². The second-order valence-electron chi connectivity index (χ2n) is 8.63. The second-order valence-corrected chi connectivity index (χ2v) is 8.63. The zero-order valence-electron chi connectivity index (χ0n) is 19.8. The molecule has 3 N–H and O–H groups in total. The Morgan fingerprint density at radius 3 is 2.32 bits per heavy atom. The maximum absolute atomic E-state index is 12.8. The Labute approximate surface area is 200 Å². The quantitative estimate of drug-likeness (QED) is 0.348. The van der Waals surface area contributed by atoms with Crippen LogP contribution in [0.25, 0.3) is 11.0 Å². The molecule has 2 amide bonds. The van der Waals surface area contributed by atoms with Crippen LogP contribution in [0.3, 0.4) is 0 Å². The summed E-state index contributed by atoms with van der Waals surface area (Å²) in [7, 11) is 5.74. The van der Waals surface area contributed by atoms with Crippen molar-refractivity contribution in [1.82, 2.24) is 25.5 Å². The molecule has 0 aliphatic carbocycles. The van der Waals surface area contributed by atoms with Crippen molar-refractivity contribution in [3.8, 4) is 5.75 Å². The van der Waals surface area contributed by atoms with Crippen LogP contribution >= 0.6 is 0 Å². The largest absolute Gasteiger partial charge is 0.497 e. The molecule has 0 saturated carbocycles. The molecule has 34 heavy (non-hydrogen) atoms. The Kier molecular flexibility index (Phi) is 7.44. The number of carbonyl (C=O) groups is 1. The van der Waals surface area contributed by atoms with E-state index >= 15 is 0 Å². The zero-order chi connectivity index (χ0) is 23.9. The number of rotatable bonds is 9. The molecular formula is C27H31N5O2. The van der Waals surface area contributed by atoms with Crippen molar-refractivity contribution in [3.05, 3.63) is 95.3 Å². The summed E-state index contributed by atoms with van der Waals surface area (Å²) in [6, 6.07) is 23.4. The van der Waals surface area contributed by atoms with Crippen LogP contribution in [0.4, 0.5) is 4.79 Å². The van der Waals surface area contributed by atoms with Crippen LogP contribution in [-0.4, -0.2) is 42.1 Å². The van der Waals surface area contributed by atoms with Crippen molar-refractivity contribution >= 4 is 17.1 Å². The Morgan fingerprint density at radius 1 is 0.971 bits per heavy atom. The monoisotopic (exact) mass is 457 g/mol. The second kappa shape index (κ2) is 10.9. The number of nitrogens with zero attached hydrogens (tertiary/aromatic N) is 2. The zero-order valence-corrected chi connectivity index (χ0v) is 19.8. The maximum atomic E-state index is 12.8. The minimum atomic E-state index is -0.316. The Balaban J connectivity index is 1.45. The third kappa shape index (κ3) is 6.14. The number of nitrogens with one attached hydrogen (secondary N) is 3. The number of benzene rings is 3. The lowest BCUT2D eigenvalue weighted by atomic mass is 10.1. The molecule has 7 heteroatoms. The summed E-state index contributed by atoms with van der Waals surface area (Å²) in [4.78, 5) is 23.0. The molecule has 4 rings (SSSR count). The molecule has 1 aromatic heterocycles. The first-order valence-electron chi connectivity index (χ1n) is 11.3. The van der Waals surface area contributed by atoms with E-state index in [-0.39, 0.29) is 12.1 Å². The smallest absolute Gasteiger partial charge is 0.315 e. The molecule has 0 unspecified atom stereocenters. The molecule has 0 radical (unpaired) electrons. The number of para-hydroxylation sites is 2. The summed E-state index contributed by atoms with van der Waals surface area (Å²) in [5, 5.41) is 6.07. The van der Waals surface area contributed by atoms with Crippen LogP contribution < -0.4 is 15.4 Å². The number of imidazole rings is 1. The lowest BCUT2D eigenvalue weighted by Crippen LogP contribution is -2.38. The number of aromatic amines is 1. The topological polar surface area (TPSA) is 82.3 Å². The van der Waals surface area contributed by atoms with E-state index in [0.717, 1.165) is 40.3 Å². The van der Waals surface area contributed by atoms with E-state index in [4.69, 9.17) is 9.72 Å². The van der Waals surface area contributed by atoms with Gasteiger partial charge < -0.3 is 25.3 Å². The number of hydrogen-bond donors (Lipinski definition) is 3. The van der Waals surface area contributed by atoms with Crippen LogP contribution in [-0.2, 0) is 19.5 Å². The molecule has 0 saturated heterocycles. The third-order valence-electron chi connectivity index (χ3n) is 5.62. The van der Waals surface area contributed by atoms with Gasteiger partial charge in [-0.15, -0.1) is 0 Å². The maximum Gasteiger partial charge on any atom is 0.315 e. The lowest BCUT2D eigenvalue weighted by Gasteiger charge is -2.18. The summed E-state index contributed by atoms with van der Waals surface area (Å²) < 4.78 is 5.26. The van der Waals surface area contributed by atoms with E-state index in [2.05, 4.69) is 32.7 Å². The molecule has 0 spiro atoms. The molecule has 4 aromatic rings. The molecule has 1 heterocycles. The van der Waals surface area contributed by atoms with Crippen molar-refractivity contribution in [3.63, 3.8) is 0 Å². The average molecular weight is 458 g/mol. The highest BCUT2D eigenvalue weighted by Crippen LogP contribution is 2.21. The molecule has 176 valence electrons. The van der Waals surface area contributed by atoms with Gasteiger partial charge in [0.05, 0.1) is 24.2 Å². The normalized spacial score (nSPS) is 12.0. The molecular weight excluding hydrogens is 426 g/mol. The van der Waals surface area contributed by atoms with E-state index in [1.807, 2.05) is 74.8 Å². The van der Waals surface area contributed by atoms with E-state index in [9.17, 15) is 4.79 Å². The number of amides is 2. The number of H-pyrrole nitrogens is 1. The van der Waals surface area contributed by atoms with Gasteiger partial charge in [-0.3, -0.25) is 0 Å². The fourth-order valence-electron chi connectivity index (χ4n) is 3.87. The highest BCUT2D eigenvalue weighted by atomic mass is 16.5. The van der Waals surface area contributed by atoms with Crippen molar-refractivity contribution in [2.45, 2.75) is 25.6 Å². The predicted molar refractivity (Wildman–Crippen MR) is 135 cm³/mol. The van der Waals surface area contributed by atoms with E-state index < -0.39 is 0 Å². The van der Waals surface area contributed by atoms with Gasteiger partial charge in [0.1, 0.15) is 11.6 Å². The number of methoxy groups -OCH3 is 1. The first-order chi connectivity index (χ1) is 16.5. The van der Waals surface area contributed by atoms with E-state index in [1.54, 1.807) is 7.11 Å². The average Bonchev–Trinajstić information content (AvgIpc) is 3.28. The van der Waals surface area contributed by atoms with Gasteiger partial charge in [0.15, 0.2) is 0 Å². The molecule has 0 aliphatic heterocycles. The first kappa shape index (κ1) is 23.3. The Morgan fingerprint density at radius 2 is 1.65 bits per heavy atom. The van der Waals surface area contributed by atoms with Crippen molar-refractivity contribution in [1.29, 1.82) is 0 Å². The summed E-state index contributed by atoms with van der Waals surface area (Å²) in [6.45, 7) is 1.34. The standard InChI is InChI=1S/C27H31N5O2/c1-32(2)18-21-10-8-20(9-11-21)17-28-27(33)31-25(16-19-12-14-22(34-3)15-13-19)26-29-23-6-4-5-7-24(23)30-26/h4-15,25H,16-18H2,1-3H3,(H,29,30)(H2,28,31,33)/t25-/m1/s1. The Hall–Kier alpha value is -3.84. The SMILES string of the molecule is COc1ccc(C[C@@H](NC(=O)NCc2ccc(CN(C)C)cc2)c2nc3ccccc3[nH]2)cc1. The highest BCUT2D eigenvalue weighted by molar-refractivity contribution is 5.76. The minimum absolute atomic E-state index is 0.240. The van der Waals surface area contributed by atoms with Crippen molar-refractivity contribution in [2.24, 2.45) is 0 Å². The summed E-state index contributed by atoms with van der Waals surface area (Å²) in [6.07, 6.45) is 0.594. The number of hydrogen-bond acceptors (Lipinski definition) is 4. The molecule has 0 fully saturated rings. The molecule has 7 nitrogen and oxygen atoms in total. The third-order valence-corrected chi connectivity index (χ3v) is 5.62. The van der Waals surface area contributed by atoms with Crippen LogP contribution in [0.1, 0.15) is 28.6 Å². The number of urea groups is 1. The molecule has 0 bridgehead atoms. The van der Waals surface area contributed by atoms with Gasteiger partial charge in [-0.25, -0.2) is 9.78 Å². The lowest BCUT2D eigenvalue weighted by molar-refractivity contribution is 0.236. The van der Waals surface area contributed by atoms with Crippen molar-refractivity contribution in [2.75, 3.05) is 21.2 Å². The summed E-state index contributed by atoms with van der Waals surface area (Å²) in [5.41, 5.74) is 5.17. The van der Waals surface area contributed by atoms with Gasteiger partial charge in [-0.1, -0.05) is 48.5 Å². The fourth-order valence-corrected chi connectivity index (χ4v) is 3.87. The van der Waals surface area contributed by atoms with Gasteiger partial charge in [0.25, 0.3) is 0 Å². The predicted octanol–water partition coefficient (Wildman–Crippen LogP) is 4.42. The van der Waals surface area contributed by atoms with Gasteiger partial charge in [-0.05, 0) is 61.5 Å². The highest BCUT2D eigenvalue weighted by Gasteiger charge is 2.19. The number of aromatic nitrogens is 2. The first-order valence-corrected chi connectivity index (χ1v) is 11.3. The fraction of sp³-hybridized carbons (Fsp3) is 0.259. The van der Waals surface area contributed by atoms with Crippen LogP contribution in [0.2, 0.25) is 0 Å².